The van der Waals surface area contributed by atoms with Crippen molar-refractivity contribution in [3.05, 3.63) is 95.1 Å². The quantitative estimate of drug-likeness (QED) is 0.393. The van der Waals surface area contributed by atoms with Gasteiger partial charge in [0.15, 0.2) is 12.1 Å². The van der Waals surface area contributed by atoms with Gasteiger partial charge in [-0.2, -0.15) is 0 Å². The molecule has 0 spiro atoms. The van der Waals surface area contributed by atoms with Crippen LogP contribution in [0.4, 0.5) is 10.5 Å². The number of hydrogen-bond donors (Lipinski definition) is 2. The van der Waals surface area contributed by atoms with Crippen LogP contribution in [0, 0.1) is 6.92 Å². The Morgan fingerprint density at radius 2 is 1.74 bits per heavy atom. The number of ether oxygens (including phenoxy) is 3. The number of hydrogen-bond acceptors (Lipinski definition) is 6. The van der Waals surface area contributed by atoms with E-state index in [0.717, 1.165) is 11.1 Å². The maximum atomic E-state index is 13.3. The molecule has 1 aliphatic rings. The predicted molar refractivity (Wildman–Crippen MR) is 142 cm³/mol. The number of cyclic esters (lactones) is 1. The number of carbonyl (C=O) groups is 3. The number of anilines is 1. The fourth-order valence-corrected chi connectivity index (χ4v) is 4.22. The van der Waals surface area contributed by atoms with E-state index in [1.807, 2.05) is 31.2 Å². The monoisotopic (exact) mass is 517 g/mol. The van der Waals surface area contributed by atoms with Crippen LogP contribution in [0.5, 0.6) is 5.75 Å². The summed E-state index contributed by atoms with van der Waals surface area (Å²) in [7, 11) is 3.11. The zero-order valence-corrected chi connectivity index (χ0v) is 21.6. The Balaban J connectivity index is 1.57. The van der Waals surface area contributed by atoms with Gasteiger partial charge >= 0.3 is 6.09 Å². The summed E-state index contributed by atoms with van der Waals surface area (Å²) in [5, 5.41) is 5.69. The molecule has 0 aliphatic carbocycles. The van der Waals surface area contributed by atoms with Crippen molar-refractivity contribution in [2.24, 2.45) is 0 Å². The van der Waals surface area contributed by atoms with Crippen molar-refractivity contribution in [2.75, 3.05) is 32.7 Å². The van der Waals surface area contributed by atoms with Crippen LogP contribution in [0.1, 0.15) is 33.2 Å². The van der Waals surface area contributed by atoms with E-state index in [9.17, 15) is 14.4 Å². The van der Waals surface area contributed by atoms with Gasteiger partial charge in [0.1, 0.15) is 5.75 Å². The Labute approximate surface area is 221 Å². The first-order valence-electron chi connectivity index (χ1n) is 12.2. The molecule has 1 fully saturated rings. The van der Waals surface area contributed by atoms with Crippen molar-refractivity contribution in [3.8, 4) is 5.75 Å². The van der Waals surface area contributed by atoms with Gasteiger partial charge in [-0.1, -0.05) is 42.0 Å². The maximum absolute atomic E-state index is 13.3. The van der Waals surface area contributed by atoms with Crippen LogP contribution >= 0.6 is 0 Å². The number of aryl methyl sites for hydroxylation is 1. The molecule has 1 heterocycles. The Morgan fingerprint density at radius 3 is 2.42 bits per heavy atom. The molecule has 0 aromatic heterocycles. The lowest BCUT2D eigenvalue weighted by Crippen LogP contribution is -2.47. The molecular weight excluding hydrogens is 486 g/mol. The molecule has 38 heavy (non-hydrogen) atoms. The number of nitrogens with one attached hydrogen (secondary N) is 2. The number of carbonyl (C=O) groups excluding carboxylic acids is 3. The van der Waals surface area contributed by atoms with E-state index < -0.39 is 18.2 Å². The number of benzene rings is 3. The summed E-state index contributed by atoms with van der Waals surface area (Å²) < 4.78 is 15.9. The third kappa shape index (κ3) is 6.30. The van der Waals surface area contributed by atoms with Crippen LogP contribution in [-0.4, -0.2) is 56.2 Å². The molecule has 0 bridgehead atoms. The first-order valence-corrected chi connectivity index (χ1v) is 12.2. The van der Waals surface area contributed by atoms with E-state index in [4.69, 9.17) is 14.2 Å². The molecule has 9 nitrogen and oxygen atoms in total. The molecule has 3 amide bonds. The molecule has 1 aliphatic heterocycles. The van der Waals surface area contributed by atoms with Crippen LogP contribution < -0.4 is 15.4 Å². The van der Waals surface area contributed by atoms with Crippen molar-refractivity contribution in [1.82, 2.24) is 10.2 Å². The first kappa shape index (κ1) is 26.7. The Kier molecular flexibility index (Phi) is 8.60. The van der Waals surface area contributed by atoms with E-state index >= 15 is 0 Å². The molecule has 198 valence electrons. The third-order valence-electron chi connectivity index (χ3n) is 6.26. The van der Waals surface area contributed by atoms with Gasteiger partial charge in [0.05, 0.1) is 20.3 Å². The summed E-state index contributed by atoms with van der Waals surface area (Å²) >= 11 is 0. The van der Waals surface area contributed by atoms with Gasteiger partial charge in [-0.15, -0.1) is 0 Å². The van der Waals surface area contributed by atoms with Gasteiger partial charge in [-0.05, 0) is 54.4 Å². The molecule has 4 rings (SSSR count). The highest BCUT2D eigenvalue weighted by atomic mass is 16.6. The standard InChI is InChI=1S/C29H31N3O6/c1-19-7-9-20(10-8-19)18-32-25(28(34)30-15-16-36-2)26(38-29(32)35)22-5-4-6-23(17-22)31-27(33)21-11-13-24(37-3)14-12-21/h4-14,17,25-26H,15-16,18H2,1-3H3,(H,30,34)(H,31,33)/t25-,26+/m0/s1. The third-order valence-corrected chi connectivity index (χ3v) is 6.26. The molecule has 0 radical (unpaired) electrons. The normalized spacial score (nSPS) is 16.6. The zero-order valence-electron chi connectivity index (χ0n) is 21.6. The van der Waals surface area contributed by atoms with Crippen molar-refractivity contribution in [3.63, 3.8) is 0 Å². The summed E-state index contributed by atoms with van der Waals surface area (Å²) in [4.78, 5) is 40.5. The van der Waals surface area contributed by atoms with Crippen LogP contribution in [-0.2, 0) is 20.8 Å². The number of amides is 3. The molecule has 3 aromatic carbocycles. The fraction of sp³-hybridized carbons (Fsp3) is 0.276. The molecule has 2 N–H and O–H groups in total. The lowest BCUT2D eigenvalue weighted by Gasteiger charge is -2.24. The minimum absolute atomic E-state index is 0.214. The molecule has 0 saturated carbocycles. The Hall–Kier alpha value is -4.37. The SMILES string of the molecule is COCCNC(=O)[C@@H]1[C@@H](c2cccc(NC(=O)c3ccc(OC)cc3)c2)OC(=O)N1Cc1ccc(C)cc1. The van der Waals surface area contributed by atoms with Gasteiger partial charge in [0, 0.05) is 24.9 Å². The van der Waals surface area contributed by atoms with Crippen LogP contribution in [0.15, 0.2) is 72.8 Å². The van der Waals surface area contributed by atoms with Gasteiger partial charge in [-0.25, -0.2) is 4.79 Å². The topological polar surface area (TPSA) is 106 Å². The second-order valence-corrected chi connectivity index (χ2v) is 8.95. The van der Waals surface area contributed by atoms with Gasteiger partial charge in [0.2, 0.25) is 5.91 Å². The molecule has 1 saturated heterocycles. The van der Waals surface area contributed by atoms with Gasteiger partial charge in [-0.3, -0.25) is 14.5 Å². The smallest absolute Gasteiger partial charge is 0.411 e. The fourth-order valence-electron chi connectivity index (χ4n) is 4.22. The van der Waals surface area contributed by atoms with E-state index in [0.29, 0.717) is 35.7 Å². The summed E-state index contributed by atoms with van der Waals surface area (Å²) in [6, 6.07) is 20.6. The molecule has 9 heteroatoms. The summed E-state index contributed by atoms with van der Waals surface area (Å²) in [5.74, 6) is -0.00244. The van der Waals surface area contributed by atoms with Crippen LogP contribution in [0.3, 0.4) is 0 Å². The van der Waals surface area contributed by atoms with Crippen molar-refractivity contribution >= 4 is 23.6 Å². The number of rotatable bonds is 10. The number of methoxy groups -OCH3 is 2. The predicted octanol–water partition coefficient (Wildman–Crippen LogP) is 4.08. The zero-order chi connectivity index (χ0) is 27.1. The molecule has 0 unspecified atom stereocenters. The highest BCUT2D eigenvalue weighted by Crippen LogP contribution is 2.35. The first-order chi connectivity index (χ1) is 18.4. The number of nitrogens with zero attached hydrogens (tertiary/aromatic N) is 1. The molecule has 2 atom stereocenters. The highest BCUT2D eigenvalue weighted by molar-refractivity contribution is 6.04. The molecule has 3 aromatic rings. The van der Waals surface area contributed by atoms with Crippen LogP contribution in [0.25, 0.3) is 0 Å². The minimum Gasteiger partial charge on any atom is -0.497 e. The average Bonchev–Trinajstić information content (AvgIpc) is 3.26. The van der Waals surface area contributed by atoms with Gasteiger partial charge < -0.3 is 24.8 Å². The minimum atomic E-state index is -0.909. The summed E-state index contributed by atoms with van der Waals surface area (Å²) in [5.41, 5.74) is 3.53. The van der Waals surface area contributed by atoms with Crippen molar-refractivity contribution in [1.29, 1.82) is 0 Å². The van der Waals surface area contributed by atoms with E-state index in [-0.39, 0.29) is 18.4 Å². The van der Waals surface area contributed by atoms with E-state index in [1.54, 1.807) is 62.8 Å². The second kappa shape index (κ2) is 12.2. The van der Waals surface area contributed by atoms with Crippen LogP contribution in [0.2, 0.25) is 0 Å². The largest absolute Gasteiger partial charge is 0.497 e. The van der Waals surface area contributed by atoms with Crippen molar-refractivity contribution in [2.45, 2.75) is 25.6 Å². The van der Waals surface area contributed by atoms with E-state index in [2.05, 4.69) is 10.6 Å². The maximum Gasteiger partial charge on any atom is 0.411 e. The lowest BCUT2D eigenvalue weighted by molar-refractivity contribution is -0.126. The van der Waals surface area contributed by atoms with E-state index in [1.165, 1.54) is 4.90 Å². The Morgan fingerprint density at radius 1 is 1.00 bits per heavy atom. The Bertz CT molecular complexity index is 1280. The van der Waals surface area contributed by atoms with Crippen molar-refractivity contribution < 1.29 is 28.6 Å². The molecular formula is C29H31N3O6. The lowest BCUT2D eigenvalue weighted by atomic mass is 10.00. The summed E-state index contributed by atoms with van der Waals surface area (Å²) in [6.45, 7) is 2.83. The average molecular weight is 518 g/mol. The summed E-state index contributed by atoms with van der Waals surface area (Å²) in [6.07, 6.45) is -1.46. The van der Waals surface area contributed by atoms with Gasteiger partial charge in [0.25, 0.3) is 5.91 Å². The highest BCUT2D eigenvalue weighted by Gasteiger charge is 2.47. The second-order valence-electron chi connectivity index (χ2n) is 8.95.